The molecule has 0 N–H and O–H groups in total. The van der Waals surface area contributed by atoms with Gasteiger partial charge >= 0.3 is 0 Å². The van der Waals surface area contributed by atoms with Gasteiger partial charge in [-0.15, -0.1) is 0 Å². The first-order chi connectivity index (χ1) is 9.63. The Labute approximate surface area is 136 Å². The summed E-state index contributed by atoms with van der Waals surface area (Å²) in [6.07, 6.45) is 0. The molecule has 0 atom stereocenters. The van der Waals surface area contributed by atoms with Crippen LogP contribution in [-0.2, 0) is 11.9 Å². The van der Waals surface area contributed by atoms with Gasteiger partial charge in [0.15, 0.2) is 0 Å². The van der Waals surface area contributed by atoms with Gasteiger partial charge in [-0.1, -0.05) is 50.1 Å². The first-order valence-electron chi connectivity index (χ1n) is 6.18. The summed E-state index contributed by atoms with van der Waals surface area (Å²) in [5.41, 5.74) is 4.25. The second-order valence-electron chi connectivity index (χ2n) is 4.57. The second kappa shape index (κ2) is 6.92. The van der Waals surface area contributed by atoms with Gasteiger partial charge in [0.1, 0.15) is 0 Å². The summed E-state index contributed by atoms with van der Waals surface area (Å²) in [6, 6.07) is 16.2. The fourth-order valence-electron chi connectivity index (χ4n) is 2.10. The van der Waals surface area contributed by atoms with E-state index in [4.69, 9.17) is 5.26 Å². The average molecular weight is 394 g/mol. The van der Waals surface area contributed by atoms with E-state index < -0.39 is 0 Å². The van der Waals surface area contributed by atoms with Crippen LogP contribution in [0.2, 0.25) is 0 Å². The van der Waals surface area contributed by atoms with Gasteiger partial charge in [0.2, 0.25) is 0 Å². The quantitative estimate of drug-likeness (QED) is 0.694. The Balaban J connectivity index is 2.25. The van der Waals surface area contributed by atoms with Crippen molar-refractivity contribution in [3.8, 4) is 6.07 Å². The van der Waals surface area contributed by atoms with Crippen LogP contribution in [0.3, 0.4) is 0 Å². The SMILES string of the molecule is CN(Cc1cccc(C#N)c1)c1cc(Br)ccc1CBr. The number of alkyl halides is 1. The molecule has 0 heterocycles. The molecule has 20 heavy (non-hydrogen) atoms. The Morgan fingerprint density at radius 3 is 2.70 bits per heavy atom. The molecule has 0 spiro atoms. The van der Waals surface area contributed by atoms with Crippen molar-refractivity contribution in [2.24, 2.45) is 0 Å². The molecule has 4 heteroatoms. The van der Waals surface area contributed by atoms with Crippen LogP contribution in [-0.4, -0.2) is 7.05 Å². The van der Waals surface area contributed by atoms with Crippen molar-refractivity contribution in [1.29, 1.82) is 5.26 Å². The summed E-state index contributed by atoms with van der Waals surface area (Å²) in [5.74, 6) is 0. The highest BCUT2D eigenvalue weighted by Gasteiger charge is 2.08. The monoisotopic (exact) mass is 392 g/mol. The molecule has 102 valence electrons. The van der Waals surface area contributed by atoms with Crippen molar-refractivity contribution in [2.75, 3.05) is 11.9 Å². The highest BCUT2D eigenvalue weighted by atomic mass is 79.9. The van der Waals surface area contributed by atoms with Crippen LogP contribution >= 0.6 is 31.9 Å². The lowest BCUT2D eigenvalue weighted by Gasteiger charge is -2.22. The van der Waals surface area contributed by atoms with Gasteiger partial charge in [-0.3, -0.25) is 0 Å². The summed E-state index contributed by atoms with van der Waals surface area (Å²) < 4.78 is 1.06. The third kappa shape index (κ3) is 3.62. The number of hydrogen-bond donors (Lipinski definition) is 0. The van der Waals surface area contributed by atoms with Crippen molar-refractivity contribution in [1.82, 2.24) is 0 Å². The van der Waals surface area contributed by atoms with Crippen LogP contribution in [0.5, 0.6) is 0 Å². The van der Waals surface area contributed by atoms with Crippen molar-refractivity contribution >= 4 is 37.5 Å². The van der Waals surface area contributed by atoms with E-state index >= 15 is 0 Å². The van der Waals surface area contributed by atoms with E-state index in [0.29, 0.717) is 5.56 Å². The maximum Gasteiger partial charge on any atom is 0.0991 e. The fraction of sp³-hybridized carbons (Fsp3) is 0.188. The molecule has 0 saturated heterocycles. The van der Waals surface area contributed by atoms with E-state index in [9.17, 15) is 0 Å². The van der Waals surface area contributed by atoms with E-state index in [2.05, 4.69) is 62.0 Å². The zero-order valence-electron chi connectivity index (χ0n) is 11.1. The Bertz CT molecular complexity index is 647. The van der Waals surface area contributed by atoms with Crippen molar-refractivity contribution in [2.45, 2.75) is 11.9 Å². The van der Waals surface area contributed by atoms with Crippen LogP contribution < -0.4 is 4.90 Å². The minimum absolute atomic E-state index is 0.700. The zero-order chi connectivity index (χ0) is 14.5. The Morgan fingerprint density at radius 2 is 2.00 bits per heavy atom. The molecule has 2 aromatic carbocycles. The number of rotatable bonds is 4. The first-order valence-corrected chi connectivity index (χ1v) is 8.10. The standard InChI is InChI=1S/C16H14Br2N2/c1-20(11-13-4-2-3-12(7-13)10-19)16-8-15(18)6-5-14(16)9-17/h2-8H,9,11H2,1H3. The molecule has 0 radical (unpaired) electrons. The highest BCUT2D eigenvalue weighted by molar-refractivity contribution is 9.10. The predicted molar refractivity (Wildman–Crippen MR) is 90.0 cm³/mol. The van der Waals surface area contributed by atoms with E-state index in [0.717, 1.165) is 21.9 Å². The number of anilines is 1. The third-order valence-electron chi connectivity index (χ3n) is 3.08. The molecular formula is C16H14Br2N2. The molecule has 2 rings (SSSR count). The van der Waals surface area contributed by atoms with Gasteiger partial charge in [0.05, 0.1) is 11.6 Å². The topological polar surface area (TPSA) is 27.0 Å². The summed E-state index contributed by atoms with van der Waals surface area (Å²) in [5, 5.41) is 9.77. The summed E-state index contributed by atoms with van der Waals surface area (Å²) in [4.78, 5) is 2.19. The molecule has 0 aliphatic rings. The van der Waals surface area contributed by atoms with Crippen LogP contribution in [0.25, 0.3) is 0 Å². The average Bonchev–Trinajstić information content (AvgIpc) is 2.47. The van der Waals surface area contributed by atoms with Crippen molar-refractivity contribution in [3.63, 3.8) is 0 Å². The molecule has 0 fully saturated rings. The number of benzene rings is 2. The highest BCUT2D eigenvalue weighted by Crippen LogP contribution is 2.27. The van der Waals surface area contributed by atoms with Crippen LogP contribution in [0.15, 0.2) is 46.9 Å². The van der Waals surface area contributed by atoms with Crippen LogP contribution in [0.1, 0.15) is 16.7 Å². The van der Waals surface area contributed by atoms with E-state index in [-0.39, 0.29) is 0 Å². The lowest BCUT2D eigenvalue weighted by Crippen LogP contribution is -2.17. The van der Waals surface area contributed by atoms with Crippen LogP contribution in [0.4, 0.5) is 5.69 Å². The molecule has 2 nitrogen and oxygen atoms in total. The van der Waals surface area contributed by atoms with E-state index in [1.54, 1.807) is 0 Å². The largest absolute Gasteiger partial charge is 0.370 e. The number of hydrogen-bond acceptors (Lipinski definition) is 2. The molecule has 2 aromatic rings. The molecule has 0 aliphatic carbocycles. The Kier molecular flexibility index (Phi) is 5.22. The molecule has 0 bridgehead atoms. The van der Waals surface area contributed by atoms with E-state index in [1.165, 1.54) is 11.3 Å². The van der Waals surface area contributed by atoms with Gasteiger partial charge in [0.25, 0.3) is 0 Å². The maximum atomic E-state index is 8.96. The normalized spacial score (nSPS) is 10.1. The summed E-state index contributed by atoms with van der Waals surface area (Å²) in [7, 11) is 2.06. The predicted octanol–water partition coefficient (Wildman–Crippen LogP) is 4.85. The number of nitrogens with zero attached hydrogens (tertiary/aromatic N) is 2. The third-order valence-corrected chi connectivity index (χ3v) is 4.18. The van der Waals surface area contributed by atoms with Gasteiger partial charge in [-0.2, -0.15) is 5.26 Å². The van der Waals surface area contributed by atoms with Gasteiger partial charge < -0.3 is 4.90 Å². The summed E-state index contributed by atoms with van der Waals surface area (Å²) in [6.45, 7) is 0.770. The Morgan fingerprint density at radius 1 is 1.20 bits per heavy atom. The molecule has 0 amide bonds. The fourth-order valence-corrected chi connectivity index (χ4v) is 2.93. The van der Waals surface area contributed by atoms with Gasteiger partial charge in [-0.05, 0) is 35.4 Å². The molecule has 0 unspecified atom stereocenters. The smallest absolute Gasteiger partial charge is 0.0991 e. The second-order valence-corrected chi connectivity index (χ2v) is 6.05. The van der Waals surface area contributed by atoms with Gasteiger partial charge in [-0.25, -0.2) is 0 Å². The lowest BCUT2D eigenvalue weighted by molar-refractivity contribution is 0.915. The van der Waals surface area contributed by atoms with Crippen molar-refractivity contribution in [3.05, 3.63) is 63.6 Å². The molecule has 0 saturated carbocycles. The molecule has 0 aliphatic heterocycles. The van der Waals surface area contributed by atoms with Crippen molar-refractivity contribution < 1.29 is 0 Å². The zero-order valence-corrected chi connectivity index (χ0v) is 14.3. The number of halogens is 2. The Hall–Kier alpha value is -1.31. The van der Waals surface area contributed by atoms with Gasteiger partial charge in [0, 0.05) is 29.1 Å². The minimum Gasteiger partial charge on any atom is -0.370 e. The molecule has 0 aromatic heterocycles. The molecular weight excluding hydrogens is 380 g/mol. The number of nitriles is 1. The minimum atomic E-state index is 0.700. The first kappa shape index (κ1) is 15.1. The van der Waals surface area contributed by atoms with Crippen LogP contribution in [0, 0.1) is 11.3 Å². The maximum absolute atomic E-state index is 8.96. The summed E-state index contributed by atoms with van der Waals surface area (Å²) >= 11 is 7.04. The lowest BCUT2D eigenvalue weighted by atomic mass is 10.1. The van der Waals surface area contributed by atoms with E-state index in [1.807, 2.05) is 30.3 Å².